The Bertz CT molecular complexity index is 941. The number of nitrogens with two attached hydrogens (primary N) is 1. The number of hydrogen-bond donors (Lipinski definition) is 1. The molecular formula is C21H23ClF2N4O2. The summed E-state index contributed by atoms with van der Waals surface area (Å²) in [5.74, 6) is -0.521. The van der Waals surface area contributed by atoms with Crippen molar-refractivity contribution in [1.82, 2.24) is 14.8 Å². The number of nitrogen functional groups attached to an aromatic ring is 1. The lowest BCUT2D eigenvalue weighted by molar-refractivity contribution is -0.142. The SMILES string of the molecule is CCCC1C(=O)N(CC(F)F)CCN1C(=O)c1cccc(-c2cnc(N)c(Cl)c2)c1. The zero-order valence-electron chi connectivity index (χ0n) is 16.5. The fourth-order valence-corrected chi connectivity index (χ4v) is 3.75. The molecule has 3 rings (SSSR count). The molecule has 160 valence electrons. The molecule has 1 saturated heterocycles. The summed E-state index contributed by atoms with van der Waals surface area (Å²) in [7, 11) is 0. The Morgan fingerprint density at radius 2 is 2.07 bits per heavy atom. The number of pyridine rings is 1. The third kappa shape index (κ3) is 4.70. The molecule has 1 unspecified atom stereocenters. The maximum absolute atomic E-state index is 13.2. The highest BCUT2D eigenvalue weighted by Crippen LogP contribution is 2.27. The molecule has 30 heavy (non-hydrogen) atoms. The number of benzene rings is 1. The average Bonchev–Trinajstić information content (AvgIpc) is 2.72. The van der Waals surface area contributed by atoms with Gasteiger partial charge in [-0.15, -0.1) is 0 Å². The van der Waals surface area contributed by atoms with Crippen LogP contribution in [-0.2, 0) is 4.79 Å². The molecule has 1 aromatic heterocycles. The van der Waals surface area contributed by atoms with Gasteiger partial charge < -0.3 is 15.5 Å². The Morgan fingerprint density at radius 1 is 1.30 bits per heavy atom. The Kier molecular flexibility index (Phi) is 6.87. The number of amides is 2. The van der Waals surface area contributed by atoms with Crippen molar-refractivity contribution in [3.8, 4) is 11.1 Å². The van der Waals surface area contributed by atoms with Gasteiger partial charge in [0.05, 0.1) is 11.6 Å². The first-order valence-corrected chi connectivity index (χ1v) is 10.1. The molecule has 1 fully saturated rings. The first-order chi connectivity index (χ1) is 14.3. The van der Waals surface area contributed by atoms with Crippen LogP contribution < -0.4 is 5.73 Å². The number of piperazine rings is 1. The zero-order chi connectivity index (χ0) is 21.8. The van der Waals surface area contributed by atoms with Crippen molar-refractivity contribution in [3.05, 3.63) is 47.1 Å². The van der Waals surface area contributed by atoms with E-state index in [-0.39, 0.29) is 24.8 Å². The number of carbonyl (C=O) groups excluding carboxylic acids is 2. The van der Waals surface area contributed by atoms with Crippen LogP contribution in [-0.4, -0.2) is 58.7 Å². The van der Waals surface area contributed by atoms with Crippen LogP contribution in [0, 0.1) is 0 Å². The molecule has 0 aliphatic carbocycles. The lowest BCUT2D eigenvalue weighted by Crippen LogP contribution is -2.59. The smallest absolute Gasteiger partial charge is 0.255 e. The topological polar surface area (TPSA) is 79.5 Å². The summed E-state index contributed by atoms with van der Waals surface area (Å²) in [6.45, 7) is 1.58. The largest absolute Gasteiger partial charge is 0.382 e. The van der Waals surface area contributed by atoms with E-state index < -0.39 is 24.9 Å². The minimum absolute atomic E-state index is 0.0896. The molecule has 0 radical (unpaired) electrons. The fraction of sp³-hybridized carbons (Fsp3) is 0.381. The second-order valence-corrected chi connectivity index (χ2v) is 7.56. The van der Waals surface area contributed by atoms with Gasteiger partial charge in [0.15, 0.2) is 0 Å². The normalized spacial score (nSPS) is 17.0. The van der Waals surface area contributed by atoms with Gasteiger partial charge in [-0.1, -0.05) is 37.1 Å². The van der Waals surface area contributed by atoms with Crippen LogP contribution in [0.4, 0.5) is 14.6 Å². The van der Waals surface area contributed by atoms with Crippen molar-refractivity contribution in [3.63, 3.8) is 0 Å². The van der Waals surface area contributed by atoms with Crippen LogP contribution in [0.15, 0.2) is 36.5 Å². The van der Waals surface area contributed by atoms with Gasteiger partial charge in [0.1, 0.15) is 11.9 Å². The van der Waals surface area contributed by atoms with Crippen LogP contribution in [0.5, 0.6) is 0 Å². The number of carbonyl (C=O) groups is 2. The minimum atomic E-state index is -2.60. The van der Waals surface area contributed by atoms with Crippen LogP contribution in [0.3, 0.4) is 0 Å². The number of nitrogens with zero attached hydrogens (tertiary/aromatic N) is 3. The van der Waals surface area contributed by atoms with Gasteiger partial charge in [0.25, 0.3) is 12.3 Å². The van der Waals surface area contributed by atoms with Crippen LogP contribution >= 0.6 is 11.6 Å². The van der Waals surface area contributed by atoms with Gasteiger partial charge in [0.2, 0.25) is 5.91 Å². The van der Waals surface area contributed by atoms with Gasteiger partial charge >= 0.3 is 0 Å². The van der Waals surface area contributed by atoms with E-state index in [4.69, 9.17) is 17.3 Å². The van der Waals surface area contributed by atoms with E-state index in [0.29, 0.717) is 29.0 Å². The van der Waals surface area contributed by atoms with Gasteiger partial charge in [0, 0.05) is 30.4 Å². The van der Waals surface area contributed by atoms with Crippen molar-refractivity contribution in [2.45, 2.75) is 32.2 Å². The Balaban J connectivity index is 1.86. The highest BCUT2D eigenvalue weighted by atomic mass is 35.5. The second kappa shape index (κ2) is 9.38. The Labute approximate surface area is 178 Å². The second-order valence-electron chi connectivity index (χ2n) is 7.15. The van der Waals surface area contributed by atoms with Gasteiger partial charge in [-0.3, -0.25) is 9.59 Å². The fourth-order valence-electron chi connectivity index (χ4n) is 3.59. The minimum Gasteiger partial charge on any atom is -0.382 e. The van der Waals surface area contributed by atoms with Gasteiger partial charge in [-0.2, -0.15) is 0 Å². The molecule has 1 aliphatic rings. The summed E-state index contributed by atoms with van der Waals surface area (Å²) in [4.78, 5) is 32.6. The summed E-state index contributed by atoms with van der Waals surface area (Å²) in [5, 5.41) is 0.313. The Hall–Kier alpha value is -2.74. The number of rotatable bonds is 6. The highest BCUT2D eigenvalue weighted by molar-refractivity contribution is 6.33. The highest BCUT2D eigenvalue weighted by Gasteiger charge is 2.37. The van der Waals surface area contributed by atoms with Crippen molar-refractivity contribution in [2.75, 3.05) is 25.4 Å². The first-order valence-electron chi connectivity index (χ1n) is 9.71. The van der Waals surface area contributed by atoms with Crippen molar-refractivity contribution in [2.24, 2.45) is 0 Å². The molecule has 0 bridgehead atoms. The van der Waals surface area contributed by atoms with Gasteiger partial charge in [-0.05, 0) is 30.2 Å². The summed E-state index contributed by atoms with van der Waals surface area (Å²) in [6.07, 6.45) is 0.0347. The molecule has 0 spiro atoms. The molecule has 0 saturated carbocycles. The summed E-state index contributed by atoms with van der Waals surface area (Å²) in [6, 6.07) is 7.83. The van der Waals surface area contributed by atoms with Crippen molar-refractivity contribution >= 4 is 29.2 Å². The number of aromatic nitrogens is 1. The third-order valence-corrected chi connectivity index (χ3v) is 5.38. The van der Waals surface area contributed by atoms with E-state index in [1.54, 1.807) is 30.5 Å². The van der Waals surface area contributed by atoms with Crippen molar-refractivity contribution in [1.29, 1.82) is 0 Å². The number of halogens is 3. The molecule has 2 N–H and O–H groups in total. The summed E-state index contributed by atoms with van der Waals surface area (Å²) >= 11 is 6.05. The van der Waals surface area contributed by atoms with E-state index in [1.165, 1.54) is 4.90 Å². The molecule has 1 aliphatic heterocycles. The predicted molar refractivity (Wildman–Crippen MR) is 111 cm³/mol. The summed E-state index contributed by atoms with van der Waals surface area (Å²) in [5.41, 5.74) is 7.48. The van der Waals surface area contributed by atoms with Crippen molar-refractivity contribution < 1.29 is 18.4 Å². The van der Waals surface area contributed by atoms with Crippen LogP contribution in [0.2, 0.25) is 5.02 Å². The average molecular weight is 437 g/mol. The first kappa shape index (κ1) is 22.0. The maximum Gasteiger partial charge on any atom is 0.255 e. The molecule has 2 aromatic rings. The maximum atomic E-state index is 13.2. The zero-order valence-corrected chi connectivity index (χ0v) is 17.3. The molecule has 1 aromatic carbocycles. The summed E-state index contributed by atoms with van der Waals surface area (Å²) < 4.78 is 25.6. The molecule has 2 heterocycles. The van der Waals surface area contributed by atoms with E-state index in [1.807, 2.05) is 13.0 Å². The van der Waals surface area contributed by atoms with Crippen LogP contribution in [0.25, 0.3) is 11.1 Å². The number of anilines is 1. The lowest BCUT2D eigenvalue weighted by Gasteiger charge is -2.40. The molecule has 2 amide bonds. The molecule has 1 atom stereocenters. The lowest BCUT2D eigenvalue weighted by atomic mass is 10.0. The quantitative estimate of drug-likeness (QED) is 0.748. The third-order valence-electron chi connectivity index (χ3n) is 5.08. The van der Waals surface area contributed by atoms with Crippen LogP contribution in [0.1, 0.15) is 30.1 Å². The monoisotopic (exact) mass is 436 g/mol. The number of alkyl halides is 2. The number of hydrogen-bond acceptors (Lipinski definition) is 4. The van der Waals surface area contributed by atoms with E-state index in [2.05, 4.69) is 4.98 Å². The van der Waals surface area contributed by atoms with E-state index >= 15 is 0 Å². The molecule has 6 nitrogen and oxygen atoms in total. The molecule has 9 heteroatoms. The Morgan fingerprint density at radius 3 is 2.73 bits per heavy atom. The van der Waals surface area contributed by atoms with E-state index in [0.717, 1.165) is 10.5 Å². The van der Waals surface area contributed by atoms with Gasteiger partial charge in [-0.25, -0.2) is 13.8 Å². The predicted octanol–water partition coefficient (Wildman–Crippen LogP) is 3.70. The molecular weight excluding hydrogens is 414 g/mol. The standard InChI is InChI=1S/C21H23ClF2N4O2/c1-2-4-17-21(30)27(12-18(23)24)7-8-28(17)20(29)14-6-3-5-13(9-14)15-10-16(22)19(25)26-11-15/h3,5-6,9-11,17-18H,2,4,7-8,12H2,1H3,(H2,25,26). The van der Waals surface area contributed by atoms with E-state index in [9.17, 15) is 18.4 Å².